The third kappa shape index (κ3) is 2.50. The number of ether oxygens (including phenoxy) is 1. The monoisotopic (exact) mass is 264 g/mol. The third-order valence-corrected chi connectivity index (χ3v) is 4.02. The van der Waals surface area contributed by atoms with Gasteiger partial charge in [-0.15, -0.1) is 0 Å². The number of hydrogen-bond donors (Lipinski definition) is 3. The molecule has 1 aromatic rings. The van der Waals surface area contributed by atoms with Gasteiger partial charge in [-0.3, -0.25) is 9.89 Å². The molecule has 4 N–H and O–H groups in total. The first-order valence-electron chi connectivity index (χ1n) is 6.96. The molecule has 104 valence electrons. The Balaban J connectivity index is 1.62. The predicted molar refractivity (Wildman–Crippen MR) is 69.4 cm³/mol. The summed E-state index contributed by atoms with van der Waals surface area (Å²) >= 11 is 0. The fraction of sp³-hybridized carbons (Fsp3) is 0.692. The lowest BCUT2D eigenvalue weighted by Crippen LogP contribution is -2.39. The summed E-state index contributed by atoms with van der Waals surface area (Å²) in [6.45, 7) is 0.484. The summed E-state index contributed by atoms with van der Waals surface area (Å²) in [6.07, 6.45) is 6.23. The molecule has 3 rings (SSSR count). The van der Waals surface area contributed by atoms with E-state index in [0.29, 0.717) is 6.54 Å². The maximum absolute atomic E-state index is 12.2. The van der Waals surface area contributed by atoms with Crippen molar-refractivity contribution in [1.29, 1.82) is 0 Å². The third-order valence-electron chi connectivity index (χ3n) is 4.02. The van der Waals surface area contributed by atoms with Crippen molar-refractivity contribution in [2.24, 2.45) is 5.73 Å². The Kier molecular flexibility index (Phi) is 3.52. The van der Waals surface area contributed by atoms with Gasteiger partial charge in [0.15, 0.2) is 0 Å². The Morgan fingerprint density at radius 1 is 1.53 bits per heavy atom. The molecule has 3 atom stereocenters. The van der Waals surface area contributed by atoms with E-state index in [1.54, 1.807) is 0 Å². The quantitative estimate of drug-likeness (QED) is 0.737. The summed E-state index contributed by atoms with van der Waals surface area (Å²) in [5, 5.41) is 10.1. The largest absolute Gasteiger partial charge is 0.364 e. The van der Waals surface area contributed by atoms with Crippen molar-refractivity contribution in [3.05, 3.63) is 17.5 Å². The van der Waals surface area contributed by atoms with Crippen molar-refractivity contribution >= 4 is 5.91 Å². The van der Waals surface area contributed by atoms with E-state index in [1.165, 1.54) is 5.56 Å². The topological polar surface area (TPSA) is 93.0 Å². The normalized spacial score (nSPS) is 30.1. The van der Waals surface area contributed by atoms with Gasteiger partial charge in [-0.1, -0.05) is 0 Å². The van der Waals surface area contributed by atoms with Crippen LogP contribution in [0.5, 0.6) is 0 Å². The minimum atomic E-state index is -0.346. The zero-order valence-corrected chi connectivity index (χ0v) is 10.9. The van der Waals surface area contributed by atoms with Gasteiger partial charge in [0, 0.05) is 6.54 Å². The van der Waals surface area contributed by atoms with Crippen LogP contribution >= 0.6 is 0 Å². The zero-order chi connectivity index (χ0) is 13.2. The molecule has 1 aliphatic carbocycles. The van der Waals surface area contributed by atoms with Crippen LogP contribution in [0, 0.1) is 0 Å². The fourth-order valence-electron chi connectivity index (χ4n) is 2.94. The molecule has 1 aromatic heterocycles. The highest BCUT2D eigenvalue weighted by atomic mass is 16.5. The second-order valence-electron chi connectivity index (χ2n) is 5.32. The SMILES string of the molecule is NC[C@H]1CC[C@@H](C(=O)NC2CCCc3cn[nH]c32)O1. The maximum atomic E-state index is 12.2. The highest BCUT2D eigenvalue weighted by molar-refractivity contribution is 5.81. The predicted octanol–water partition coefficient (Wildman–Crippen LogP) is 0.410. The number of amides is 1. The molecular formula is C13H20N4O2. The van der Waals surface area contributed by atoms with Crippen LogP contribution in [-0.2, 0) is 16.0 Å². The number of hydrogen-bond acceptors (Lipinski definition) is 4. The minimum absolute atomic E-state index is 0.0246. The van der Waals surface area contributed by atoms with Gasteiger partial charge in [0.05, 0.1) is 24.0 Å². The van der Waals surface area contributed by atoms with E-state index >= 15 is 0 Å². The van der Waals surface area contributed by atoms with Gasteiger partial charge in [-0.25, -0.2) is 0 Å². The van der Waals surface area contributed by atoms with E-state index in [9.17, 15) is 4.79 Å². The van der Waals surface area contributed by atoms with Crippen molar-refractivity contribution in [3.63, 3.8) is 0 Å². The van der Waals surface area contributed by atoms with E-state index in [0.717, 1.165) is 37.8 Å². The fourth-order valence-corrected chi connectivity index (χ4v) is 2.94. The molecule has 2 heterocycles. The van der Waals surface area contributed by atoms with E-state index in [2.05, 4.69) is 15.5 Å². The van der Waals surface area contributed by atoms with Crippen LogP contribution in [0.4, 0.5) is 0 Å². The number of H-pyrrole nitrogens is 1. The molecule has 1 amide bonds. The molecule has 2 aliphatic rings. The molecule has 6 nitrogen and oxygen atoms in total. The van der Waals surface area contributed by atoms with Gasteiger partial charge in [0.25, 0.3) is 0 Å². The molecular weight excluding hydrogens is 244 g/mol. The average molecular weight is 264 g/mol. The molecule has 19 heavy (non-hydrogen) atoms. The van der Waals surface area contributed by atoms with Gasteiger partial charge in [-0.2, -0.15) is 5.10 Å². The van der Waals surface area contributed by atoms with Crippen molar-refractivity contribution in [2.45, 2.75) is 50.4 Å². The standard InChI is InChI=1S/C13H20N4O2/c14-6-9-4-5-11(19-9)13(18)16-10-3-1-2-8-7-15-17-12(8)10/h7,9-11H,1-6,14H2,(H,15,17)(H,16,18)/t9-,10?,11+/m1/s1. The molecule has 1 unspecified atom stereocenters. The van der Waals surface area contributed by atoms with Gasteiger partial charge in [-0.05, 0) is 37.7 Å². The number of aromatic nitrogens is 2. The lowest BCUT2D eigenvalue weighted by Gasteiger charge is -2.24. The van der Waals surface area contributed by atoms with E-state index in [-0.39, 0.29) is 24.2 Å². The van der Waals surface area contributed by atoms with Gasteiger partial charge in [0.2, 0.25) is 5.91 Å². The second-order valence-corrected chi connectivity index (χ2v) is 5.32. The molecule has 0 spiro atoms. The van der Waals surface area contributed by atoms with Crippen LogP contribution in [-0.4, -0.2) is 34.9 Å². The number of fused-ring (bicyclic) bond motifs is 1. The summed E-state index contributed by atoms with van der Waals surface area (Å²) in [6, 6.07) is 0.0410. The number of aryl methyl sites for hydroxylation is 1. The Hall–Kier alpha value is -1.40. The second kappa shape index (κ2) is 5.30. The summed E-state index contributed by atoms with van der Waals surface area (Å²) < 4.78 is 5.62. The Bertz CT molecular complexity index is 459. The number of nitrogens with two attached hydrogens (primary N) is 1. The number of aromatic amines is 1. The molecule has 0 radical (unpaired) electrons. The summed E-state index contributed by atoms with van der Waals surface area (Å²) in [4.78, 5) is 12.2. The first kappa shape index (κ1) is 12.6. The Morgan fingerprint density at radius 2 is 2.42 bits per heavy atom. The maximum Gasteiger partial charge on any atom is 0.249 e. The molecule has 0 aromatic carbocycles. The number of carbonyl (C=O) groups is 1. The van der Waals surface area contributed by atoms with Crippen LogP contribution in [0.3, 0.4) is 0 Å². The Morgan fingerprint density at radius 3 is 3.21 bits per heavy atom. The molecule has 0 saturated carbocycles. The molecule has 6 heteroatoms. The van der Waals surface area contributed by atoms with E-state index in [1.807, 2.05) is 6.20 Å². The smallest absolute Gasteiger partial charge is 0.249 e. The van der Waals surface area contributed by atoms with Gasteiger partial charge < -0.3 is 15.8 Å². The van der Waals surface area contributed by atoms with Crippen molar-refractivity contribution in [1.82, 2.24) is 15.5 Å². The number of rotatable bonds is 3. The van der Waals surface area contributed by atoms with Crippen molar-refractivity contribution in [2.75, 3.05) is 6.54 Å². The molecule has 1 fully saturated rings. The lowest BCUT2D eigenvalue weighted by molar-refractivity contribution is -0.132. The van der Waals surface area contributed by atoms with Crippen LogP contribution in [0.1, 0.15) is 43.0 Å². The number of nitrogens with one attached hydrogen (secondary N) is 2. The van der Waals surface area contributed by atoms with Gasteiger partial charge >= 0.3 is 0 Å². The molecule has 1 aliphatic heterocycles. The summed E-state index contributed by atoms with van der Waals surface area (Å²) in [7, 11) is 0. The summed E-state index contributed by atoms with van der Waals surface area (Å²) in [5.74, 6) is -0.0246. The highest BCUT2D eigenvalue weighted by Crippen LogP contribution is 2.28. The van der Waals surface area contributed by atoms with Crippen LogP contribution in [0.15, 0.2) is 6.20 Å². The van der Waals surface area contributed by atoms with Crippen molar-refractivity contribution < 1.29 is 9.53 Å². The van der Waals surface area contributed by atoms with E-state index < -0.39 is 0 Å². The molecule has 0 bridgehead atoms. The minimum Gasteiger partial charge on any atom is -0.364 e. The number of carbonyl (C=O) groups excluding carboxylic acids is 1. The van der Waals surface area contributed by atoms with Crippen LogP contribution in [0.25, 0.3) is 0 Å². The Labute approximate surface area is 112 Å². The van der Waals surface area contributed by atoms with E-state index in [4.69, 9.17) is 10.5 Å². The number of nitrogens with zero attached hydrogens (tertiary/aromatic N) is 1. The first-order chi connectivity index (χ1) is 9.28. The summed E-state index contributed by atoms with van der Waals surface area (Å²) in [5.41, 5.74) is 7.82. The zero-order valence-electron chi connectivity index (χ0n) is 10.9. The van der Waals surface area contributed by atoms with Gasteiger partial charge in [0.1, 0.15) is 6.10 Å². The highest BCUT2D eigenvalue weighted by Gasteiger charge is 2.32. The molecule has 1 saturated heterocycles. The van der Waals surface area contributed by atoms with Crippen LogP contribution in [0.2, 0.25) is 0 Å². The lowest BCUT2D eigenvalue weighted by atomic mass is 9.93. The van der Waals surface area contributed by atoms with Crippen molar-refractivity contribution in [3.8, 4) is 0 Å². The average Bonchev–Trinajstić information content (AvgIpc) is 3.08. The van der Waals surface area contributed by atoms with Crippen LogP contribution < -0.4 is 11.1 Å². The first-order valence-corrected chi connectivity index (χ1v) is 6.96.